The quantitative estimate of drug-likeness (QED) is 0.483. The van der Waals surface area contributed by atoms with Crippen molar-refractivity contribution in [2.45, 2.75) is 18.9 Å². The van der Waals surface area contributed by atoms with Crippen LogP contribution in [0.25, 0.3) is 11.4 Å². The predicted octanol–water partition coefficient (Wildman–Crippen LogP) is 4.18. The van der Waals surface area contributed by atoms with Gasteiger partial charge < -0.3 is 10.6 Å². The number of anilines is 2. The third kappa shape index (κ3) is 4.24. The van der Waals surface area contributed by atoms with Gasteiger partial charge in [0.1, 0.15) is 0 Å². The van der Waals surface area contributed by atoms with Gasteiger partial charge in [-0.1, -0.05) is 30.3 Å². The molecule has 0 saturated heterocycles. The zero-order valence-corrected chi connectivity index (χ0v) is 17.1. The zero-order valence-electron chi connectivity index (χ0n) is 17.1. The zero-order chi connectivity index (χ0) is 21.9. The molecule has 32 heavy (non-hydrogen) atoms. The fraction of sp³-hybridized carbons (Fsp3) is 0.125. The summed E-state index contributed by atoms with van der Waals surface area (Å²) in [4.78, 5) is 25.0. The second kappa shape index (κ2) is 8.43. The number of rotatable bonds is 6. The number of carbonyl (C=O) groups is 2. The molecule has 1 aliphatic carbocycles. The summed E-state index contributed by atoms with van der Waals surface area (Å²) < 4.78 is 1.84. The van der Waals surface area contributed by atoms with Gasteiger partial charge in [-0.3, -0.25) is 9.59 Å². The maximum absolute atomic E-state index is 12.7. The normalized spacial score (nSPS) is 12.9. The van der Waals surface area contributed by atoms with E-state index in [2.05, 4.69) is 26.2 Å². The summed E-state index contributed by atoms with van der Waals surface area (Å²) in [6.07, 6.45) is 2.16. The minimum Gasteiger partial charge on any atom is -0.322 e. The maximum atomic E-state index is 12.7. The van der Waals surface area contributed by atoms with Crippen molar-refractivity contribution >= 4 is 23.2 Å². The molecular weight excluding hydrogens is 404 g/mol. The fourth-order valence-electron chi connectivity index (χ4n) is 3.39. The van der Waals surface area contributed by atoms with E-state index >= 15 is 0 Å². The Hall–Kier alpha value is -4.33. The van der Waals surface area contributed by atoms with Crippen molar-refractivity contribution in [2.24, 2.45) is 0 Å². The summed E-state index contributed by atoms with van der Waals surface area (Å²) in [6, 6.07) is 23.5. The highest BCUT2D eigenvalue weighted by molar-refractivity contribution is 6.06. The lowest BCUT2D eigenvalue weighted by Crippen LogP contribution is -2.13. The molecule has 1 fully saturated rings. The van der Waals surface area contributed by atoms with E-state index in [0.29, 0.717) is 34.4 Å². The number of benzene rings is 3. The van der Waals surface area contributed by atoms with Crippen molar-refractivity contribution in [3.8, 4) is 11.4 Å². The van der Waals surface area contributed by atoms with Crippen LogP contribution in [0.4, 0.5) is 11.4 Å². The Morgan fingerprint density at radius 1 is 0.781 bits per heavy atom. The second-order valence-electron chi connectivity index (χ2n) is 7.61. The third-order valence-corrected chi connectivity index (χ3v) is 5.21. The minimum atomic E-state index is -0.245. The smallest absolute Gasteiger partial charge is 0.255 e. The molecule has 4 aromatic rings. The van der Waals surface area contributed by atoms with Gasteiger partial charge in [0.2, 0.25) is 0 Å². The molecule has 0 unspecified atom stereocenters. The van der Waals surface area contributed by atoms with E-state index in [0.717, 1.165) is 18.4 Å². The van der Waals surface area contributed by atoms with Crippen LogP contribution in [0.3, 0.4) is 0 Å². The third-order valence-electron chi connectivity index (χ3n) is 5.21. The molecule has 2 N–H and O–H groups in total. The van der Waals surface area contributed by atoms with Crippen LogP contribution in [0.1, 0.15) is 39.6 Å². The van der Waals surface area contributed by atoms with Crippen molar-refractivity contribution in [3.05, 3.63) is 90.0 Å². The van der Waals surface area contributed by atoms with Crippen molar-refractivity contribution in [3.63, 3.8) is 0 Å². The summed E-state index contributed by atoms with van der Waals surface area (Å²) in [5, 5.41) is 17.7. The molecule has 2 amide bonds. The molecule has 0 bridgehead atoms. The number of nitrogens with one attached hydrogen (secondary N) is 2. The molecule has 0 atom stereocenters. The van der Waals surface area contributed by atoms with Crippen LogP contribution in [0.15, 0.2) is 78.9 Å². The molecule has 0 radical (unpaired) electrons. The Kier molecular flexibility index (Phi) is 5.17. The van der Waals surface area contributed by atoms with E-state index in [9.17, 15) is 9.59 Å². The van der Waals surface area contributed by atoms with Crippen molar-refractivity contribution < 1.29 is 9.59 Å². The lowest BCUT2D eigenvalue weighted by molar-refractivity contribution is 0.102. The standard InChI is InChI=1S/C24H20N6O2/c31-23(16-5-2-1-3-6-16)25-19-11-9-17(10-12-19)24(32)26-20-8-4-7-18(15-20)22-27-28-29-30(22)21-13-14-21/h1-12,15,21H,13-14H2,(H,25,31)(H,26,32). The van der Waals surface area contributed by atoms with E-state index in [1.807, 2.05) is 47.1 Å². The Labute approximate surface area is 184 Å². The lowest BCUT2D eigenvalue weighted by Gasteiger charge is -2.09. The molecule has 5 rings (SSSR count). The van der Waals surface area contributed by atoms with E-state index in [-0.39, 0.29) is 11.8 Å². The summed E-state index contributed by atoms with van der Waals surface area (Å²) in [5.74, 6) is 0.250. The van der Waals surface area contributed by atoms with Gasteiger partial charge in [0, 0.05) is 28.1 Å². The lowest BCUT2D eigenvalue weighted by atomic mass is 10.1. The first-order chi connectivity index (χ1) is 15.7. The average Bonchev–Trinajstić information content (AvgIpc) is 3.56. The summed E-state index contributed by atoms with van der Waals surface area (Å²) >= 11 is 0. The van der Waals surface area contributed by atoms with E-state index in [1.54, 1.807) is 36.4 Å². The molecular formula is C24H20N6O2. The SMILES string of the molecule is O=C(Nc1ccc(C(=O)Nc2cccc(-c3nnnn3C3CC3)c2)cc1)c1ccccc1. The van der Waals surface area contributed by atoms with Gasteiger partial charge in [-0.05, 0) is 71.8 Å². The highest BCUT2D eigenvalue weighted by Crippen LogP contribution is 2.36. The Morgan fingerprint density at radius 3 is 2.19 bits per heavy atom. The predicted molar refractivity (Wildman–Crippen MR) is 120 cm³/mol. The van der Waals surface area contributed by atoms with Gasteiger partial charge in [0.15, 0.2) is 5.82 Å². The molecule has 8 heteroatoms. The first kappa shape index (κ1) is 19.6. The van der Waals surface area contributed by atoms with Gasteiger partial charge in [0.25, 0.3) is 11.8 Å². The molecule has 0 aliphatic heterocycles. The molecule has 158 valence electrons. The van der Waals surface area contributed by atoms with E-state index in [4.69, 9.17) is 0 Å². The van der Waals surface area contributed by atoms with Gasteiger partial charge in [-0.15, -0.1) is 5.10 Å². The van der Waals surface area contributed by atoms with Crippen molar-refractivity contribution in [1.82, 2.24) is 20.2 Å². The molecule has 8 nitrogen and oxygen atoms in total. The Bertz CT molecular complexity index is 1260. The largest absolute Gasteiger partial charge is 0.322 e. The first-order valence-corrected chi connectivity index (χ1v) is 10.3. The number of hydrogen-bond donors (Lipinski definition) is 2. The first-order valence-electron chi connectivity index (χ1n) is 10.3. The molecule has 1 saturated carbocycles. The topological polar surface area (TPSA) is 102 Å². The average molecular weight is 424 g/mol. The molecule has 0 spiro atoms. The van der Waals surface area contributed by atoms with Crippen LogP contribution < -0.4 is 10.6 Å². The summed E-state index contributed by atoms with van der Waals surface area (Å²) in [6.45, 7) is 0. The van der Waals surface area contributed by atoms with Gasteiger partial charge in [-0.25, -0.2) is 4.68 Å². The van der Waals surface area contributed by atoms with E-state index < -0.39 is 0 Å². The number of hydrogen-bond acceptors (Lipinski definition) is 5. The van der Waals surface area contributed by atoms with Crippen molar-refractivity contribution in [1.29, 1.82) is 0 Å². The van der Waals surface area contributed by atoms with Crippen LogP contribution in [0.2, 0.25) is 0 Å². The highest BCUT2D eigenvalue weighted by atomic mass is 16.2. The highest BCUT2D eigenvalue weighted by Gasteiger charge is 2.28. The second-order valence-corrected chi connectivity index (χ2v) is 7.61. The molecule has 1 aromatic heterocycles. The summed E-state index contributed by atoms with van der Waals surface area (Å²) in [5.41, 5.74) is 3.17. The fourth-order valence-corrected chi connectivity index (χ4v) is 3.39. The van der Waals surface area contributed by atoms with Crippen LogP contribution in [-0.2, 0) is 0 Å². The minimum absolute atomic E-state index is 0.201. The Balaban J connectivity index is 1.26. The molecule has 3 aromatic carbocycles. The van der Waals surface area contributed by atoms with Crippen LogP contribution >= 0.6 is 0 Å². The monoisotopic (exact) mass is 424 g/mol. The van der Waals surface area contributed by atoms with Gasteiger partial charge in [-0.2, -0.15) is 0 Å². The number of amides is 2. The number of nitrogens with zero attached hydrogens (tertiary/aromatic N) is 4. The number of carbonyl (C=O) groups excluding carboxylic acids is 2. The van der Waals surface area contributed by atoms with Crippen LogP contribution in [0, 0.1) is 0 Å². The van der Waals surface area contributed by atoms with Gasteiger partial charge in [0.05, 0.1) is 6.04 Å². The van der Waals surface area contributed by atoms with Gasteiger partial charge >= 0.3 is 0 Å². The van der Waals surface area contributed by atoms with Crippen molar-refractivity contribution in [2.75, 3.05) is 10.6 Å². The summed E-state index contributed by atoms with van der Waals surface area (Å²) in [7, 11) is 0. The number of aromatic nitrogens is 4. The maximum Gasteiger partial charge on any atom is 0.255 e. The molecule has 1 aliphatic rings. The van der Waals surface area contributed by atoms with Crippen LogP contribution in [0.5, 0.6) is 0 Å². The Morgan fingerprint density at radius 2 is 1.47 bits per heavy atom. The number of tetrazole rings is 1. The van der Waals surface area contributed by atoms with E-state index in [1.165, 1.54) is 0 Å². The van der Waals surface area contributed by atoms with Crippen LogP contribution in [-0.4, -0.2) is 32.0 Å². The molecule has 1 heterocycles.